The van der Waals surface area contributed by atoms with Crippen LogP contribution >= 0.6 is 23.4 Å². The van der Waals surface area contributed by atoms with E-state index >= 15 is 0 Å². The molecule has 2 aromatic rings. The van der Waals surface area contributed by atoms with Crippen molar-refractivity contribution in [1.82, 2.24) is 5.32 Å². The highest BCUT2D eigenvalue weighted by Gasteiger charge is 2.08. The van der Waals surface area contributed by atoms with Gasteiger partial charge in [-0.25, -0.2) is 0 Å². The first-order valence-corrected chi connectivity index (χ1v) is 8.44. The Morgan fingerprint density at radius 3 is 2.39 bits per heavy atom. The Kier molecular flexibility index (Phi) is 6.43. The van der Waals surface area contributed by atoms with Crippen molar-refractivity contribution in [2.75, 3.05) is 12.3 Å². The lowest BCUT2D eigenvalue weighted by Crippen LogP contribution is -2.25. The predicted molar refractivity (Wildman–Crippen MR) is 93.0 cm³/mol. The number of carbonyl (C=O) groups is 1. The molecule has 5 nitrogen and oxygen atoms in total. The van der Waals surface area contributed by atoms with E-state index in [9.17, 15) is 14.9 Å². The van der Waals surface area contributed by atoms with Gasteiger partial charge in [-0.1, -0.05) is 23.7 Å². The molecule has 0 fully saturated rings. The molecule has 0 saturated heterocycles. The lowest BCUT2D eigenvalue weighted by molar-refractivity contribution is -0.384. The van der Waals surface area contributed by atoms with Gasteiger partial charge in [-0.3, -0.25) is 14.9 Å². The number of rotatable bonds is 7. The molecule has 0 aliphatic carbocycles. The third-order valence-electron chi connectivity index (χ3n) is 3.05. The topological polar surface area (TPSA) is 72.2 Å². The van der Waals surface area contributed by atoms with Crippen LogP contribution in [-0.2, 0) is 5.75 Å². The molecule has 0 aromatic heterocycles. The second kappa shape index (κ2) is 8.55. The van der Waals surface area contributed by atoms with Crippen LogP contribution < -0.4 is 5.32 Å². The van der Waals surface area contributed by atoms with Gasteiger partial charge >= 0.3 is 0 Å². The van der Waals surface area contributed by atoms with Gasteiger partial charge in [-0.2, -0.15) is 11.8 Å². The van der Waals surface area contributed by atoms with E-state index in [4.69, 9.17) is 11.6 Å². The van der Waals surface area contributed by atoms with Gasteiger partial charge < -0.3 is 5.32 Å². The first-order chi connectivity index (χ1) is 11.1. The Morgan fingerprint density at radius 2 is 1.78 bits per heavy atom. The van der Waals surface area contributed by atoms with E-state index in [-0.39, 0.29) is 11.6 Å². The van der Waals surface area contributed by atoms with Crippen molar-refractivity contribution in [3.63, 3.8) is 0 Å². The molecule has 0 bridgehead atoms. The molecule has 0 atom stereocenters. The quantitative estimate of drug-likeness (QED) is 0.467. The predicted octanol–water partition coefficient (Wildman–Crippen LogP) is 3.91. The largest absolute Gasteiger partial charge is 0.351 e. The van der Waals surface area contributed by atoms with Gasteiger partial charge in [0.1, 0.15) is 0 Å². The molecule has 0 spiro atoms. The minimum Gasteiger partial charge on any atom is -0.351 e. The summed E-state index contributed by atoms with van der Waals surface area (Å²) in [5.74, 6) is 1.40. The van der Waals surface area contributed by atoms with Crippen LogP contribution in [0.1, 0.15) is 15.9 Å². The van der Waals surface area contributed by atoms with Crippen molar-refractivity contribution in [2.24, 2.45) is 0 Å². The van der Waals surface area contributed by atoms with Gasteiger partial charge in [0.2, 0.25) is 0 Å². The summed E-state index contributed by atoms with van der Waals surface area (Å²) in [6.45, 7) is 0.536. The number of hydrogen-bond acceptors (Lipinski definition) is 4. The van der Waals surface area contributed by atoms with Crippen molar-refractivity contribution in [2.45, 2.75) is 5.75 Å². The van der Waals surface area contributed by atoms with E-state index in [1.165, 1.54) is 29.8 Å². The maximum Gasteiger partial charge on any atom is 0.269 e. The Balaban J connectivity index is 1.70. The number of nitro groups is 1. The second-order valence-corrected chi connectivity index (χ2v) is 6.28. The number of nitrogens with one attached hydrogen (secondary N) is 1. The Bertz CT molecular complexity index is 675. The van der Waals surface area contributed by atoms with Gasteiger partial charge in [0.15, 0.2) is 0 Å². The summed E-state index contributed by atoms with van der Waals surface area (Å²) >= 11 is 7.53. The SMILES string of the molecule is O=C(NCCSCc1ccc(Cl)cc1)c1ccc([N+](=O)[O-])cc1. The fourth-order valence-electron chi connectivity index (χ4n) is 1.84. The molecular weight excluding hydrogens is 336 g/mol. The molecule has 0 saturated carbocycles. The molecule has 2 rings (SSSR count). The first kappa shape index (κ1) is 17.3. The molecule has 0 heterocycles. The van der Waals surface area contributed by atoms with Gasteiger partial charge in [0.05, 0.1) is 4.92 Å². The molecule has 0 aliphatic heterocycles. The van der Waals surface area contributed by atoms with Crippen LogP contribution in [0.2, 0.25) is 5.02 Å². The van der Waals surface area contributed by atoms with E-state index in [0.717, 1.165) is 11.5 Å². The lowest BCUT2D eigenvalue weighted by Gasteiger charge is -2.05. The third-order valence-corrected chi connectivity index (χ3v) is 4.34. The van der Waals surface area contributed by atoms with Crippen LogP contribution in [0.3, 0.4) is 0 Å². The summed E-state index contributed by atoms with van der Waals surface area (Å²) < 4.78 is 0. The molecular formula is C16H15ClN2O3S. The van der Waals surface area contributed by atoms with Crippen LogP contribution in [0.15, 0.2) is 48.5 Å². The maximum absolute atomic E-state index is 11.9. The molecule has 120 valence electrons. The second-order valence-electron chi connectivity index (χ2n) is 4.74. The Labute approximate surface area is 143 Å². The summed E-state index contributed by atoms with van der Waals surface area (Å²) in [7, 11) is 0. The summed E-state index contributed by atoms with van der Waals surface area (Å²) in [4.78, 5) is 22.0. The molecule has 1 N–H and O–H groups in total. The number of nitro benzene ring substituents is 1. The zero-order valence-corrected chi connectivity index (χ0v) is 13.8. The van der Waals surface area contributed by atoms with Gasteiger partial charge in [-0.05, 0) is 29.8 Å². The molecule has 0 unspecified atom stereocenters. The third kappa shape index (κ3) is 5.58. The number of non-ortho nitro benzene ring substituents is 1. The van der Waals surface area contributed by atoms with E-state index in [2.05, 4.69) is 5.32 Å². The fraction of sp³-hybridized carbons (Fsp3) is 0.188. The number of benzene rings is 2. The van der Waals surface area contributed by atoms with E-state index in [1.807, 2.05) is 24.3 Å². The van der Waals surface area contributed by atoms with Gasteiger partial charge in [-0.15, -0.1) is 0 Å². The zero-order valence-electron chi connectivity index (χ0n) is 12.2. The van der Waals surface area contributed by atoms with E-state index in [1.54, 1.807) is 11.8 Å². The van der Waals surface area contributed by atoms with Crippen molar-refractivity contribution in [3.05, 3.63) is 74.8 Å². The van der Waals surface area contributed by atoms with Gasteiger partial charge in [0, 0.05) is 40.8 Å². The standard InChI is InChI=1S/C16H15ClN2O3S/c17-14-5-1-12(2-6-14)11-23-10-9-18-16(20)13-3-7-15(8-4-13)19(21)22/h1-8H,9-11H2,(H,18,20). The highest BCUT2D eigenvalue weighted by atomic mass is 35.5. The van der Waals surface area contributed by atoms with E-state index in [0.29, 0.717) is 17.1 Å². The number of thioether (sulfide) groups is 1. The number of nitrogens with zero attached hydrogens (tertiary/aromatic N) is 1. The highest BCUT2D eigenvalue weighted by Crippen LogP contribution is 2.15. The normalized spacial score (nSPS) is 10.3. The minimum absolute atomic E-state index is 0.0277. The van der Waals surface area contributed by atoms with Crippen molar-refractivity contribution < 1.29 is 9.72 Å². The summed E-state index contributed by atoms with van der Waals surface area (Å²) in [5.41, 5.74) is 1.57. The highest BCUT2D eigenvalue weighted by molar-refractivity contribution is 7.98. The average molecular weight is 351 g/mol. The number of carbonyl (C=O) groups excluding carboxylic acids is 1. The smallest absolute Gasteiger partial charge is 0.269 e. The van der Waals surface area contributed by atoms with Crippen molar-refractivity contribution in [1.29, 1.82) is 0 Å². The van der Waals surface area contributed by atoms with Crippen LogP contribution in [-0.4, -0.2) is 23.1 Å². The fourth-order valence-corrected chi connectivity index (χ4v) is 2.79. The van der Waals surface area contributed by atoms with Gasteiger partial charge in [0.25, 0.3) is 11.6 Å². The summed E-state index contributed by atoms with van der Waals surface area (Å²) in [5, 5.41) is 14.1. The molecule has 0 radical (unpaired) electrons. The number of amides is 1. The van der Waals surface area contributed by atoms with Crippen LogP contribution in [0.5, 0.6) is 0 Å². The van der Waals surface area contributed by atoms with E-state index < -0.39 is 4.92 Å². The number of halogens is 1. The maximum atomic E-state index is 11.9. The Morgan fingerprint density at radius 1 is 1.13 bits per heavy atom. The van der Waals surface area contributed by atoms with Crippen molar-refractivity contribution in [3.8, 4) is 0 Å². The zero-order chi connectivity index (χ0) is 16.7. The molecule has 7 heteroatoms. The number of hydrogen-bond donors (Lipinski definition) is 1. The monoisotopic (exact) mass is 350 g/mol. The van der Waals surface area contributed by atoms with Crippen LogP contribution in [0.25, 0.3) is 0 Å². The lowest BCUT2D eigenvalue weighted by atomic mass is 10.2. The summed E-state index contributed by atoms with van der Waals surface area (Å²) in [6.07, 6.45) is 0. The minimum atomic E-state index is -0.491. The molecule has 0 aliphatic rings. The molecule has 2 aromatic carbocycles. The molecule has 23 heavy (non-hydrogen) atoms. The average Bonchev–Trinajstić information content (AvgIpc) is 2.56. The molecule has 1 amide bonds. The Hall–Kier alpha value is -2.05. The van der Waals surface area contributed by atoms with Crippen LogP contribution in [0.4, 0.5) is 5.69 Å². The first-order valence-electron chi connectivity index (χ1n) is 6.91. The summed E-state index contributed by atoms with van der Waals surface area (Å²) in [6, 6.07) is 13.2. The van der Waals surface area contributed by atoms with Crippen LogP contribution in [0, 0.1) is 10.1 Å². The van der Waals surface area contributed by atoms with Crippen molar-refractivity contribution >= 4 is 35.0 Å².